The molecule has 4 aromatic rings. The summed E-state index contributed by atoms with van der Waals surface area (Å²) < 4.78 is 35.8. The zero-order valence-corrected chi connectivity index (χ0v) is 23.4. The van der Waals surface area contributed by atoms with Crippen LogP contribution in [0.4, 0.5) is 10.5 Å². The molecule has 0 radical (unpaired) electrons. The molecule has 6 rings (SSSR count). The van der Waals surface area contributed by atoms with Gasteiger partial charge < -0.3 is 19.7 Å². The van der Waals surface area contributed by atoms with Crippen molar-refractivity contribution in [2.24, 2.45) is 0 Å². The van der Waals surface area contributed by atoms with Gasteiger partial charge in [0.1, 0.15) is 9.86 Å². The van der Waals surface area contributed by atoms with Crippen molar-refractivity contribution in [2.75, 3.05) is 18.5 Å². The van der Waals surface area contributed by atoms with Crippen LogP contribution < -0.4 is 10.0 Å². The lowest BCUT2D eigenvalue weighted by Gasteiger charge is -2.18. The van der Waals surface area contributed by atoms with E-state index >= 15 is 0 Å². The quantitative estimate of drug-likeness (QED) is 0.304. The van der Waals surface area contributed by atoms with E-state index in [4.69, 9.17) is 4.74 Å². The number of nitrogens with one attached hydrogen (secondary N) is 2. The fourth-order valence-electron chi connectivity index (χ4n) is 5.45. The fraction of sp³-hybridized carbons (Fsp3) is 0.357. The van der Waals surface area contributed by atoms with Crippen LogP contribution in [-0.2, 0) is 33.2 Å². The van der Waals surface area contributed by atoms with Crippen molar-refractivity contribution >= 4 is 44.1 Å². The zero-order chi connectivity index (χ0) is 27.4. The second-order valence-corrected chi connectivity index (χ2v) is 13.4. The number of fused-ring (bicyclic) bond motifs is 2. The normalized spacial score (nSPS) is 17.5. The van der Waals surface area contributed by atoms with Crippen molar-refractivity contribution in [3.8, 4) is 11.1 Å². The van der Waals surface area contributed by atoms with Crippen LogP contribution in [0, 0.1) is 0 Å². The van der Waals surface area contributed by atoms with Crippen LogP contribution in [0.15, 0.2) is 52.3 Å². The van der Waals surface area contributed by atoms with E-state index in [9.17, 15) is 18.3 Å². The molecular weight excluding hydrogens is 536 g/mol. The monoisotopic (exact) mass is 566 g/mol. The molecule has 0 saturated carbocycles. The molecule has 1 aromatic carbocycles. The fourth-order valence-corrected chi connectivity index (χ4v) is 7.70. The number of rotatable bonds is 6. The number of carbonyl (C=O) groups is 1. The number of sulfonamides is 1. The number of pyridine rings is 1. The second kappa shape index (κ2) is 9.74. The third-order valence-corrected chi connectivity index (χ3v) is 10.3. The second-order valence-electron chi connectivity index (χ2n) is 10.6. The molecule has 3 aromatic heterocycles. The molecule has 0 bridgehead atoms. The molecular formula is C28H30N4O5S2. The van der Waals surface area contributed by atoms with Gasteiger partial charge >= 0.3 is 6.03 Å². The van der Waals surface area contributed by atoms with E-state index in [1.807, 2.05) is 24.4 Å². The average Bonchev–Trinajstić information content (AvgIpc) is 3.68. The summed E-state index contributed by atoms with van der Waals surface area (Å²) in [6.45, 7) is 4.53. The predicted molar refractivity (Wildman–Crippen MR) is 151 cm³/mol. The van der Waals surface area contributed by atoms with Gasteiger partial charge in [-0.15, -0.1) is 11.3 Å². The number of nitrogens with zero attached hydrogens (tertiary/aromatic N) is 2. The summed E-state index contributed by atoms with van der Waals surface area (Å²) in [6, 6.07) is 8.84. The minimum atomic E-state index is -4.13. The van der Waals surface area contributed by atoms with Gasteiger partial charge in [0.25, 0.3) is 10.0 Å². The van der Waals surface area contributed by atoms with Gasteiger partial charge in [-0.1, -0.05) is 12.1 Å². The number of carbonyl (C=O) groups excluding carboxylic acids is 1. The highest BCUT2D eigenvalue weighted by atomic mass is 32.2. The molecule has 11 heteroatoms. The van der Waals surface area contributed by atoms with Crippen molar-refractivity contribution in [3.05, 3.63) is 64.8 Å². The van der Waals surface area contributed by atoms with Crippen LogP contribution in [0.5, 0.6) is 0 Å². The number of aliphatic hydroxyl groups is 1. The van der Waals surface area contributed by atoms with Crippen LogP contribution in [0.1, 0.15) is 49.4 Å². The predicted octanol–water partition coefficient (Wildman–Crippen LogP) is 4.95. The number of urea groups is 1. The Hall–Kier alpha value is -3.25. The van der Waals surface area contributed by atoms with E-state index in [-0.39, 0.29) is 10.3 Å². The number of aromatic nitrogens is 2. The van der Waals surface area contributed by atoms with Gasteiger partial charge in [-0.2, -0.15) is 0 Å². The highest BCUT2D eigenvalue weighted by molar-refractivity contribution is 7.92. The SMILES string of the molecule is CC(C)(O)c1csc(S(=O)(=O)NC(=O)Nc2c(-c3ccnc4c3ccn4C3CCOC3)ccc3c2CCC3)c1. The largest absolute Gasteiger partial charge is 0.386 e. The Morgan fingerprint density at radius 1 is 1.21 bits per heavy atom. The first kappa shape index (κ1) is 26.0. The first-order valence-electron chi connectivity index (χ1n) is 13.0. The Labute approximate surface area is 230 Å². The summed E-state index contributed by atoms with van der Waals surface area (Å²) in [5.74, 6) is 0. The molecule has 3 N–H and O–H groups in total. The summed E-state index contributed by atoms with van der Waals surface area (Å²) in [6.07, 6.45) is 7.39. The van der Waals surface area contributed by atoms with Gasteiger partial charge in [-0.25, -0.2) is 22.9 Å². The highest BCUT2D eigenvalue weighted by Crippen LogP contribution is 2.40. The molecule has 39 heavy (non-hydrogen) atoms. The molecule has 2 aliphatic rings. The molecule has 1 unspecified atom stereocenters. The minimum Gasteiger partial charge on any atom is -0.386 e. The van der Waals surface area contributed by atoms with E-state index < -0.39 is 21.7 Å². The van der Waals surface area contributed by atoms with Crippen molar-refractivity contribution in [1.29, 1.82) is 0 Å². The van der Waals surface area contributed by atoms with Gasteiger partial charge in [-0.05, 0) is 85.4 Å². The Bertz CT molecular complexity index is 1680. The van der Waals surface area contributed by atoms with E-state index in [0.717, 1.165) is 76.9 Å². The Morgan fingerprint density at radius 3 is 2.79 bits per heavy atom. The molecule has 204 valence electrons. The van der Waals surface area contributed by atoms with E-state index in [1.165, 1.54) is 6.07 Å². The topological polar surface area (TPSA) is 123 Å². The van der Waals surface area contributed by atoms with Gasteiger partial charge in [0.15, 0.2) is 0 Å². The molecule has 2 amide bonds. The lowest BCUT2D eigenvalue weighted by atomic mass is 9.96. The molecule has 0 spiro atoms. The summed E-state index contributed by atoms with van der Waals surface area (Å²) in [5.41, 5.74) is 4.65. The van der Waals surface area contributed by atoms with E-state index in [0.29, 0.717) is 17.9 Å². The lowest BCUT2D eigenvalue weighted by Crippen LogP contribution is -2.34. The third kappa shape index (κ3) is 4.84. The van der Waals surface area contributed by atoms with Crippen LogP contribution in [0.2, 0.25) is 0 Å². The maximum absolute atomic E-state index is 13.2. The number of ether oxygens (including phenoxy) is 1. The maximum Gasteiger partial charge on any atom is 0.333 e. The van der Waals surface area contributed by atoms with Crippen molar-refractivity contribution in [1.82, 2.24) is 14.3 Å². The summed E-state index contributed by atoms with van der Waals surface area (Å²) in [7, 11) is -4.13. The van der Waals surface area contributed by atoms with Gasteiger partial charge in [-0.3, -0.25) is 0 Å². The molecule has 1 saturated heterocycles. The molecule has 1 aliphatic carbocycles. The summed E-state index contributed by atoms with van der Waals surface area (Å²) in [4.78, 5) is 17.8. The summed E-state index contributed by atoms with van der Waals surface area (Å²) >= 11 is 0.957. The van der Waals surface area contributed by atoms with Crippen LogP contribution in [0.3, 0.4) is 0 Å². The van der Waals surface area contributed by atoms with Crippen LogP contribution >= 0.6 is 11.3 Å². The average molecular weight is 567 g/mol. The first-order valence-corrected chi connectivity index (χ1v) is 15.3. The highest BCUT2D eigenvalue weighted by Gasteiger charge is 2.27. The van der Waals surface area contributed by atoms with Gasteiger partial charge in [0.2, 0.25) is 0 Å². The number of aryl methyl sites for hydroxylation is 1. The molecule has 9 nitrogen and oxygen atoms in total. The Morgan fingerprint density at radius 2 is 2.05 bits per heavy atom. The Kier molecular flexibility index (Phi) is 6.49. The number of thiophene rings is 1. The van der Waals surface area contributed by atoms with Gasteiger partial charge in [0, 0.05) is 30.0 Å². The Balaban J connectivity index is 1.35. The molecule has 1 fully saturated rings. The summed E-state index contributed by atoms with van der Waals surface area (Å²) in [5, 5.41) is 15.6. The minimum absolute atomic E-state index is 0.0404. The first-order chi connectivity index (χ1) is 18.6. The molecule has 1 atom stereocenters. The van der Waals surface area contributed by atoms with Crippen molar-refractivity contribution in [2.45, 2.75) is 55.4 Å². The molecule has 1 aliphatic heterocycles. The standard InChI is InChI=1S/C28H30N4O5S2/c1-28(2,34)18-14-24(38-16-18)39(35,36)31-27(33)30-25-20-5-3-4-17(20)6-7-22(25)21-8-11-29-26-23(21)9-12-32(26)19-10-13-37-15-19/h6-9,11-12,14,16,19,34H,3-5,10,13,15H2,1-2H3,(H2,30,31,33). The molecule has 4 heterocycles. The number of hydrogen-bond acceptors (Lipinski definition) is 7. The van der Waals surface area contributed by atoms with E-state index in [2.05, 4.69) is 25.7 Å². The zero-order valence-electron chi connectivity index (χ0n) is 21.7. The van der Waals surface area contributed by atoms with E-state index in [1.54, 1.807) is 25.4 Å². The number of anilines is 1. The van der Waals surface area contributed by atoms with Crippen molar-refractivity contribution < 1.29 is 23.1 Å². The van der Waals surface area contributed by atoms with Gasteiger partial charge in [0.05, 0.1) is 23.9 Å². The number of amides is 2. The maximum atomic E-state index is 13.2. The van der Waals surface area contributed by atoms with Crippen LogP contribution in [-0.4, -0.2) is 42.3 Å². The lowest BCUT2D eigenvalue weighted by molar-refractivity contribution is 0.0789. The third-order valence-electron chi connectivity index (χ3n) is 7.50. The van der Waals surface area contributed by atoms with Crippen molar-refractivity contribution in [3.63, 3.8) is 0 Å². The van der Waals surface area contributed by atoms with Crippen LogP contribution in [0.25, 0.3) is 22.2 Å². The smallest absolute Gasteiger partial charge is 0.333 e. The number of benzene rings is 1. The number of hydrogen-bond donors (Lipinski definition) is 3.